The van der Waals surface area contributed by atoms with Gasteiger partial charge in [0.15, 0.2) is 11.5 Å². The smallest absolute Gasteiger partial charge is 0.179 e. The van der Waals surface area contributed by atoms with Gasteiger partial charge in [0.1, 0.15) is 25.6 Å². The molecule has 1 N–H and O–H groups in total. The number of hydrogen-bond acceptors (Lipinski definition) is 4. The van der Waals surface area contributed by atoms with Gasteiger partial charge in [-0.25, -0.2) is 0 Å². The highest BCUT2D eigenvalue weighted by Crippen LogP contribution is 2.38. The second kappa shape index (κ2) is 6.14. The molecule has 110 valence electrons. The van der Waals surface area contributed by atoms with Crippen molar-refractivity contribution in [3.8, 4) is 17.2 Å². The van der Waals surface area contributed by atoms with Gasteiger partial charge >= 0.3 is 0 Å². The Morgan fingerprint density at radius 1 is 1.14 bits per heavy atom. The number of nitrogens with one attached hydrogen (secondary N) is 1. The number of hydrogen-bond donors (Lipinski definition) is 1. The number of fused-ring (bicyclic) bond motifs is 1. The molecule has 1 heterocycles. The second-order valence-electron chi connectivity index (χ2n) is 4.66. The Morgan fingerprint density at radius 2 is 1.90 bits per heavy atom. The summed E-state index contributed by atoms with van der Waals surface area (Å²) in [5.74, 6) is 2.10. The molecule has 0 saturated carbocycles. The number of ether oxygens (including phenoxy) is 3. The normalized spacial score (nSPS) is 12.9. The summed E-state index contributed by atoms with van der Waals surface area (Å²) in [4.78, 5) is 0. The predicted molar refractivity (Wildman–Crippen MR) is 82.8 cm³/mol. The van der Waals surface area contributed by atoms with Gasteiger partial charge in [-0.2, -0.15) is 0 Å². The molecule has 0 bridgehead atoms. The second-order valence-corrected chi connectivity index (χ2v) is 5.07. The van der Waals surface area contributed by atoms with Crippen LogP contribution in [0.25, 0.3) is 0 Å². The first-order valence-corrected chi connectivity index (χ1v) is 7.12. The van der Waals surface area contributed by atoms with Crippen molar-refractivity contribution in [1.29, 1.82) is 0 Å². The summed E-state index contributed by atoms with van der Waals surface area (Å²) in [6, 6.07) is 11.5. The molecule has 0 aromatic heterocycles. The summed E-state index contributed by atoms with van der Waals surface area (Å²) >= 11 is 6.20. The number of rotatable bonds is 4. The quantitative estimate of drug-likeness (QED) is 0.934. The Labute approximate surface area is 128 Å². The third-order valence-electron chi connectivity index (χ3n) is 3.21. The largest absolute Gasteiger partial charge is 0.489 e. The van der Waals surface area contributed by atoms with E-state index in [0.29, 0.717) is 36.3 Å². The highest BCUT2D eigenvalue weighted by molar-refractivity contribution is 6.32. The zero-order valence-electron chi connectivity index (χ0n) is 11.7. The summed E-state index contributed by atoms with van der Waals surface area (Å²) < 4.78 is 16.8. The maximum atomic E-state index is 6.20. The zero-order valence-corrected chi connectivity index (χ0v) is 12.4. The van der Waals surface area contributed by atoms with Crippen molar-refractivity contribution in [3.05, 3.63) is 47.0 Å². The Hall–Kier alpha value is -2.07. The third-order valence-corrected chi connectivity index (χ3v) is 3.49. The van der Waals surface area contributed by atoms with Crippen LogP contribution in [0, 0.1) is 0 Å². The lowest BCUT2D eigenvalue weighted by molar-refractivity contribution is 0.171. The van der Waals surface area contributed by atoms with Crippen LogP contribution in [0.15, 0.2) is 36.4 Å². The van der Waals surface area contributed by atoms with Crippen molar-refractivity contribution in [2.75, 3.05) is 25.6 Å². The molecular weight excluding hydrogens is 290 g/mol. The average Bonchev–Trinajstić information content (AvgIpc) is 2.53. The van der Waals surface area contributed by atoms with E-state index in [9.17, 15) is 0 Å². The van der Waals surface area contributed by atoms with Gasteiger partial charge in [-0.3, -0.25) is 0 Å². The fourth-order valence-corrected chi connectivity index (χ4v) is 2.42. The van der Waals surface area contributed by atoms with Crippen molar-refractivity contribution in [3.63, 3.8) is 0 Å². The molecule has 0 saturated heterocycles. The summed E-state index contributed by atoms with van der Waals surface area (Å²) in [5, 5.41) is 3.62. The van der Waals surface area contributed by atoms with Gasteiger partial charge in [-0.05, 0) is 42.0 Å². The monoisotopic (exact) mass is 305 g/mol. The Morgan fingerprint density at radius 3 is 2.67 bits per heavy atom. The van der Waals surface area contributed by atoms with Gasteiger partial charge in [0.05, 0.1) is 5.02 Å². The molecule has 0 atom stereocenters. The van der Waals surface area contributed by atoms with Crippen LogP contribution < -0.4 is 19.5 Å². The highest BCUT2D eigenvalue weighted by Gasteiger charge is 2.16. The molecule has 1 aliphatic heterocycles. The van der Waals surface area contributed by atoms with E-state index in [1.54, 1.807) is 0 Å². The first-order chi connectivity index (χ1) is 10.3. The molecule has 4 nitrogen and oxygen atoms in total. The van der Waals surface area contributed by atoms with E-state index in [-0.39, 0.29) is 0 Å². The van der Waals surface area contributed by atoms with E-state index in [2.05, 4.69) is 5.32 Å². The van der Waals surface area contributed by atoms with E-state index in [0.717, 1.165) is 17.0 Å². The van der Waals surface area contributed by atoms with Crippen molar-refractivity contribution in [2.24, 2.45) is 0 Å². The van der Waals surface area contributed by atoms with Crippen LogP contribution in [0.4, 0.5) is 5.69 Å². The van der Waals surface area contributed by atoms with E-state index < -0.39 is 0 Å². The average molecular weight is 306 g/mol. The van der Waals surface area contributed by atoms with Crippen LogP contribution in [0.3, 0.4) is 0 Å². The summed E-state index contributed by atoms with van der Waals surface area (Å²) in [7, 11) is 1.88. The molecule has 0 aliphatic carbocycles. The Bertz CT molecular complexity index is 628. The molecule has 2 aromatic carbocycles. The lowest BCUT2D eigenvalue weighted by atomic mass is 10.2. The molecule has 0 unspecified atom stereocenters. The van der Waals surface area contributed by atoms with Gasteiger partial charge < -0.3 is 19.5 Å². The lowest BCUT2D eigenvalue weighted by Gasteiger charge is -2.20. The molecule has 1 aliphatic rings. The van der Waals surface area contributed by atoms with Crippen LogP contribution in [-0.4, -0.2) is 20.3 Å². The third kappa shape index (κ3) is 3.16. The summed E-state index contributed by atoms with van der Waals surface area (Å²) in [5.41, 5.74) is 1.99. The first-order valence-electron chi connectivity index (χ1n) is 6.75. The van der Waals surface area contributed by atoms with Crippen molar-refractivity contribution >= 4 is 17.3 Å². The standard InChI is InChI=1S/C16H16ClNO3/c1-18-12-2-4-13(5-3-12)21-10-11-8-14(17)16-15(9-11)19-6-7-20-16/h2-5,8-9,18H,6-7,10H2,1H3. The molecule has 5 heteroatoms. The van der Waals surface area contributed by atoms with Crippen LogP contribution in [0.5, 0.6) is 17.2 Å². The minimum atomic E-state index is 0.426. The molecular formula is C16H16ClNO3. The number of anilines is 1. The van der Waals surface area contributed by atoms with Crippen LogP contribution >= 0.6 is 11.6 Å². The molecule has 2 aromatic rings. The topological polar surface area (TPSA) is 39.7 Å². The molecule has 21 heavy (non-hydrogen) atoms. The van der Waals surface area contributed by atoms with Crippen molar-refractivity contribution in [1.82, 2.24) is 0 Å². The molecule has 0 amide bonds. The van der Waals surface area contributed by atoms with E-state index in [1.165, 1.54) is 0 Å². The van der Waals surface area contributed by atoms with E-state index in [1.807, 2.05) is 43.4 Å². The SMILES string of the molecule is CNc1ccc(OCc2cc(Cl)c3c(c2)OCCO3)cc1. The minimum Gasteiger partial charge on any atom is -0.489 e. The fraction of sp³-hybridized carbons (Fsp3) is 0.250. The summed E-state index contributed by atoms with van der Waals surface area (Å²) in [6.45, 7) is 1.49. The Balaban J connectivity index is 1.71. The highest BCUT2D eigenvalue weighted by atomic mass is 35.5. The van der Waals surface area contributed by atoms with E-state index >= 15 is 0 Å². The van der Waals surface area contributed by atoms with Gasteiger partial charge in [-0.1, -0.05) is 11.6 Å². The van der Waals surface area contributed by atoms with Crippen molar-refractivity contribution in [2.45, 2.75) is 6.61 Å². The molecule has 0 radical (unpaired) electrons. The van der Waals surface area contributed by atoms with Gasteiger partial charge in [0.25, 0.3) is 0 Å². The van der Waals surface area contributed by atoms with Gasteiger partial charge in [0.2, 0.25) is 0 Å². The van der Waals surface area contributed by atoms with Crippen LogP contribution in [0.1, 0.15) is 5.56 Å². The molecule has 3 rings (SSSR count). The summed E-state index contributed by atoms with van der Waals surface area (Å²) in [6.07, 6.45) is 0. The van der Waals surface area contributed by atoms with Gasteiger partial charge in [-0.15, -0.1) is 0 Å². The predicted octanol–water partition coefficient (Wildman–Crippen LogP) is 3.73. The lowest BCUT2D eigenvalue weighted by Crippen LogP contribution is -2.16. The maximum Gasteiger partial charge on any atom is 0.179 e. The Kier molecular flexibility index (Phi) is 4.06. The molecule has 0 spiro atoms. The fourth-order valence-electron chi connectivity index (χ4n) is 2.13. The van der Waals surface area contributed by atoms with E-state index in [4.69, 9.17) is 25.8 Å². The van der Waals surface area contributed by atoms with Gasteiger partial charge in [0, 0.05) is 12.7 Å². The first kappa shape index (κ1) is 13.9. The number of benzene rings is 2. The minimum absolute atomic E-state index is 0.426. The zero-order chi connectivity index (χ0) is 14.7. The van der Waals surface area contributed by atoms with Crippen LogP contribution in [-0.2, 0) is 6.61 Å². The maximum absolute atomic E-state index is 6.20. The number of halogens is 1. The van der Waals surface area contributed by atoms with Crippen LogP contribution in [0.2, 0.25) is 5.02 Å². The molecule has 0 fully saturated rings. The van der Waals surface area contributed by atoms with Crippen molar-refractivity contribution < 1.29 is 14.2 Å².